The Balaban J connectivity index is 0.00000100. The van der Waals surface area contributed by atoms with Crippen LogP contribution in [0.15, 0.2) is 54.7 Å². The summed E-state index contributed by atoms with van der Waals surface area (Å²) in [4.78, 5) is 11.0. The highest BCUT2D eigenvalue weighted by atomic mass is 16.4. The van der Waals surface area contributed by atoms with E-state index in [9.17, 15) is 4.79 Å². The number of aromatic nitrogens is 1. The van der Waals surface area contributed by atoms with Crippen LogP contribution in [-0.4, -0.2) is 21.7 Å². The van der Waals surface area contributed by atoms with Crippen molar-refractivity contribution < 1.29 is 9.90 Å². The molecule has 0 aliphatic heterocycles. The fourth-order valence-electron chi connectivity index (χ4n) is 2.77. The molecule has 126 valence electrons. The van der Waals surface area contributed by atoms with Crippen molar-refractivity contribution in [1.82, 2.24) is 4.57 Å². The minimum Gasteiger partial charge on any atom is -0.480 e. The lowest BCUT2D eigenvalue weighted by atomic mass is 10.0. The Hall–Kier alpha value is -2.59. The highest BCUT2D eigenvalue weighted by Crippen LogP contribution is 2.28. The molecule has 0 fully saturated rings. The molecule has 4 heteroatoms. The van der Waals surface area contributed by atoms with Crippen LogP contribution in [0.1, 0.15) is 19.4 Å². The van der Waals surface area contributed by atoms with Gasteiger partial charge in [0, 0.05) is 30.6 Å². The topological polar surface area (TPSA) is 68.2 Å². The molecule has 1 unspecified atom stereocenters. The quantitative estimate of drug-likeness (QED) is 0.766. The molecule has 2 aromatic carbocycles. The largest absolute Gasteiger partial charge is 0.480 e. The summed E-state index contributed by atoms with van der Waals surface area (Å²) >= 11 is 0. The molecular formula is C20H24N2O2. The molecule has 0 saturated heterocycles. The summed E-state index contributed by atoms with van der Waals surface area (Å²) in [5.41, 5.74) is 9.98. The Labute approximate surface area is 142 Å². The van der Waals surface area contributed by atoms with E-state index < -0.39 is 12.0 Å². The number of carboxylic acid groups (broad SMARTS) is 1. The van der Waals surface area contributed by atoms with E-state index in [2.05, 4.69) is 30.3 Å². The summed E-state index contributed by atoms with van der Waals surface area (Å²) in [6.45, 7) is 4.00. The zero-order valence-electron chi connectivity index (χ0n) is 14.4. The van der Waals surface area contributed by atoms with Crippen LogP contribution in [0, 0.1) is 0 Å². The van der Waals surface area contributed by atoms with Crippen molar-refractivity contribution >= 4 is 16.9 Å². The highest BCUT2D eigenvalue weighted by Gasteiger charge is 2.16. The van der Waals surface area contributed by atoms with Crippen LogP contribution in [0.5, 0.6) is 0 Å². The third-order valence-corrected chi connectivity index (χ3v) is 3.94. The first-order chi connectivity index (χ1) is 11.6. The van der Waals surface area contributed by atoms with E-state index in [0.29, 0.717) is 6.42 Å². The third kappa shape index (κ3) is 3.66. The molecule has 1 heterocycles. The van der Waals surface area contributed by atoms with Gasteiger partial charge in [0.15, 0.2) is 0 Å². The van der Waals surface area contributed by atoms with Gasteiger partial charge >= 0.3 is 5.97 Å². The minimum absolute atomic E-state index is 0.324. The minimum atomic E-state index is -0.976. The van der Waals surface area contributed by atoms with Crippen molar-refractivity contribution in [2.24, 2.45) is 12.8 Å². The van der Waals surface area contributed by atoms with Gasteiger partial charge in [-0.3, -0.25) is 4.79 Å². The Morgan fingerprint density at radius 2 is 1.79 bits per heavy atom. The lowest BCUT2D eigenvalue weighted by Crippen LogP contribution is -2.32. The van der Waals surface area contributed by atoms with Crippen LogP contribution in [0.4, 0.5) is 0 Å². The molecule has 3 rings (SSSR count). The summed E-state index contributed by atoms with van der Waals surface area (Å²) in [6.07, 6.45) is 2.28. The molecule has 4 nitrogen and oxygen atoms in total. The molecule has 1 aromatic heterocycles. The van der Waals surface area contributed by atoms with Gasteiger partial charge in [0.1, 0.15) is 6.04 Å². The number of benzene rings is 2. The number of aliphatic carboxylic acids is 1. The molecule has 0 spiro atoms. The molecule has 0 aliphatic rings. The van der Waals surface area contributed by atoms with Gasteiger partial charge in [-0.15, -0.1) is 0 Å². The van der Waals surface area contributed by atoms with Gasteiger partial charge in [-0.05, 0) is 28.8 Å². The van der Waals surface area contributed by atoms with Gasteiger partial charge in [0.05, 0.1) is 0 Å². The fraction of sp³-hybridized carbons (Fsp3) is 0.250. The van der Waals surface area contributed by atoms with E-state index in [1.807, 2.05) is 49.9 Å². The van der Waals surface area contributed by atoms with Gasteiger partial charge < -0.3 is 15.4 Å². The second-order valence-corrected chi connectivity index (χ2v) is 5.51. The number of carboxylic acids is 1. The van der Waals surface area contributed by atoms with E-state index in [1.165, 1.54) is 0 Å². The van der Waals surface area contributed by atoms with E-state index in [0.717, 1.165) is 27.6 Å². The second-order valence-electron chi connectivity index (χ2n) is 5.51. The lowest BCUT2D eigenvalue weighted by molar-refractivity contribution is -0.138. The molecule has 0 bridgehead atoms. The molecular weight excluding hydrogens is 300 g/mol. The monoisotopic (exact) mass is 324 g/mol. The van der Waals surface area contributed by atoms with Gasteiger partial charge in [-0.1, -0.05) is 50.2 Å². The number of nitrogens with two attached hydrogens (primary N) is 1. The Kier molecular flexibility index (Phi) is 5.77. The number of carbonyl (C=O) groups is 1. The predicted octanol–water partition coefficient (Wildman–Crippen LogP) is 3.83. The van der Waals surface area contributed by atoms with Crippen molar-refractivity contribution in [1.29, 1.82) is 0 Å². The van der Waals surface area contributed by atoms with Crippen molar-refractivity contribution in [3.63, 3.8) is 0 Å². The Bertz CT molecular complexity index is 822. The van der Waals surface area contributed by atoms with Crippen LogP contribution >= 0.6 is 0 Å². The summed E-state index contributed by atoms with van der Waals surface area (Å²) < 4.78 is 2.01. The third-order valence-electron chi connectivity index (χ3n) is 3.94. The standard InChI is InChI=1S/C18H18N2O2.C2H6/c1-20-11-14(10-16(19)18(21)22)15-9-13(7-8-17(15)20)12-5-3-2-4-6-12;1-2/h2-9,11,16H,10,19H2,1H3,(H,21,22);1-2H3. The Morgan fingerprint density at radius 3 is 2.42 bits per heavy atom. The van der Waals surface area contributed by atoms with Crippen molar-refractivity contribution in [3.05, 3.63) is 60.3 Å². The first kappa shape index (κ1) is 17.8. The SMILES string of the molecule is CC.Cn1cc(CC(N)C(=O)O)c2cc(-c3ccccc3)ccc21. The second kappa shape index (κ2) is 7.79. The van der Waals surface area contributed by atoms with Crippen molar-refractivity contribution in [2.45, 2.75) is 26.3 Å². The van der Waals surface area contributed by atoms with Crippen LogP contribution < -0.4 is 5.73 Å². The summed E-state index contributed by atoms with van der Waals surface area (Å²) in [5, 5.41) is 10.1. The summed E-state index contributed by atoms with van der Waals surface area (Å²) in [5.74, 6) is -0.976. The van der Waals surface area contributed by atoms with Crippen LogP contribution in [0.2, 0.25) is 0 Å². The number of nitrogens with zero attached hydrogens (tertiary/aromatic N) is 1. The van der Waals surface area contributed by atoms with E-state index in [1.54, 1.807) is 0 Å². The summed E-state index contributed by atoms with van der Waals surface area (Å²) in [7, 11) is 1.96. The molecule has 24 heavy (non-hydrogen) atoms. The maximum absolute atomic E-state index is 11.0. The van der Waals surface area contributed by atoms with Gasteiger partial charge in [0.25, 0.3) is 0 Å². The molecule has 0 aliphatic carbocycles. The van der Waals surface area contributed by atoms with Gasteiger partial charge in [0.2, 0.25) is 0 Å². The number of fused-ring (bicyclic) bond motifs is 1. The number of hydrogen-bond donors (Lipinski definition) is 2. The number of aryl methyl sites for hydroxylation is 1. The first-order valence-electron chi connectivity index (χ1n) is 8.18. The average Bonchev–Trinajstić information content (AvgIpc) is 2.92. The summed E-state index contributed by atoms with van der Waals surface area (Å²) in [6, 6.07) is 15.5. The molecule has 0 saturated carbocycles. The zero-order chi connectivity index (χ0) is 17.7. The maximum Gasteiger partial charge on any atom is 0.320 e. The molecule has 1 atom stereocenters. The molecule has 0 radical (unpaired) electrons. The number of rotatable bonds is 4. The van der Waals surface area contributed by atoms with E-state index >= 15 is 0 Å². The van der Waals surface area contributed by atoms with Crippen molar-refractivity contribution in [3.8, 4) is 11.1 Å². The van der Waals surface area contributed by atoms with Gasteiger partial charge in [-0.25, -0.2) is 0 Å². The fourth-order valence-corrected chi connectivity index (χ4v) is 2.77. The zero-order valence-corrected chi connectivity index (χ0v) is 14.4. The maximum atomic E-state index is 11.0. The van der Waals surface area contributed by atoms with Crippen LogP contribution in [0.25, 0.3) is 22.0 Å². The highest BCUT2D eigenvalue weighted by molar-refractivity contribution is 5.89. The average molecular weight is 324 g/mol. The number of hydrogen-bond acceptors (Lipinski definition) is 2. The molecule has 3 N–H and O–H groups in total. The van der Waals surface area contributed by atoms with E-state index in [4.69, 9.17) is 10.8 Å². The smallest absolute Gasteiger partial charge is 0.320 e. The van der Waals surface area contributed by atoms with Crippen LogP contribution in [0.3, 0.4) is 0 Å². The van der Waals surface area contributed by atoms with E-state index in [-0.39, 0.29) is 0 Å². The predicted molar refractivity (Wildman–Crippen MR) is 99.0 cm³/mol. The normalized spacial score (nSPS) is 11.7. The lowest BCUT2D eigenvalue weighted by Gasteiger charge is -2.06. The van der Waals surface area contributed by atoms with Gasteiger partial charge in [-0.2, -0.15) is 0 Å². The van der Waals surface area contributed by atoms with Crippen molar-refractivity contribution in [2.75, 3.05) is 0 Å². The molecule has 3 aromatic rings. The van der Waals surface area contributed by atoms with Crippen LogP contribution in [-0.2, 0) is 18.3 Å². The Morgan fingerprint density at radius 1 is 1.12 bits per heavy atom. The first-order valence-corrected chi connectivity index (χ1v) is 8.18. The molecule has 0 amide bonds.